The summed E-state index contributed by atoms with van der Waals surface area (Å²) in [5.74, 6) is -4.00. The van der Waals surface area contributed by atoms with Crippen LogP contribution in [0.15, 0.2) is 98.1 Å². The number of nitrogens with zero attached hydrogens (tertiary/aromatic N) is 11. The van der Waals surface area contributed by atoms with Gasteiger partial charge in [-0.05, 0) is 75.9 Å². The first-order valence-electron chi connectivity index (χ1n) is 25.2. The van der Waals surface area contributed by atoms with Crippen LogP contribution < -0.4 is 5.32 Å². The smallest absolute Gasteiger partial charge is 0.475 e. The van der Waals surface area contributed by atoms with Crippen molar-refractivity contribution in [1.82, 2.24) is 69.5 Å². The lowest BCUT2D eigenvalue weighted by atomic mass is 10.0. The summed E-state index contributed by atoms with van der Waals surface area (Å²) in [5.41, 5.74) is 4.68. The van der Waals surface area contributed by atoms with Crippen molar-refractivity contribution in [2.24, 2.45) is 0 Å². The van der Waals surface area contributed by atoms with Gasteiger partial charge in [-0.3, -0.25) is 24.0 Å². The van der Waals surface area contributed by atoms with Crippen LogP contribution >= 0.6 is 0 Å². The number of hydrogen-bond acceptors (Lipinski definition) is 14. The number of amides is 3. The molecule has 3 amide bonds. The summed E-state index contributed by atoms with van der Waals surface area (Å²) >= 11 is 0. The summed E-state index contributed by atoms with van der Waals surface area (Å²) in [6.45, 7) is 15.0. The maximum absolute atomic E-state index is 13.4. The fraction of sp³-hybridized carbons (Fsp3) is 0.315. The Hall–Kier alpha value is -9.46. The van der Waals surface area contributed by atoms with Crippen molar-refractivity contribution in [3.8, 4) is 11.6 Å². The number of halogens is 3. The Morgan fingerprint density at radius 1 is 0.637 bits per heavy atom. The fourth-order valence-corrected chi connectivity index (χ4v) is 9.09. The van der Waals surface area contributed by atoms with Crippen LogP contribution in [0.3, 0.4) is 0 Å². The molecule has 0 saturated carbocycles. The van der Waals surface area contributed by atoms with Crippen LogP contribution in [0.25, 0.3) is 33.4 Å². The first-order chi connectivity index (χ1) is 38.2. The largest absolute Gasteiger partial charge is 0.490 e. The van der Waals surface area contributed by atoms with Crippen LogP contribution in [-0.4, -0.2) is 173 Å². The number of fused-ring (bicyclic) bond motifs is 2. The van der Waals surface area contributed by atoms with E-state index in [1.54, 1.807) is 47.2 Å². The zero-order chi connectivity index (χ0) is 58.0. The van der Waals surface area contributed by atoms with Crippen molar-refractivity contribution >= 4 is 63.0 Å². The molecule has 2 aliphatic heterocycles. The molecule has 0 aliphatic carbocycles. The summed E-state index contributed by atoms with van der Waals surface area (Å²) in [6, 6.07) is 18.6. The van der Waals surface area contributed by atoms with E-state index in [1.807, 2.05) is 81.1 Å². The van der Waals surface area contributed by atoms with Crippen molar-refractivity contribution in [3.63, 3.8) is 0 Å². The number of carboxylic acids is 2. The minimum absolute atomic E-state index is 0.0748. The van der Waals surface area contributed by atoms with Crippen molar-refractivity contribution in [2.75, 3.05) is 39.3 Å². The first-order valence-corrected chi connectivity index (χ1v) is 25.2. The van der Waals surface area contributed by atoms with Crippen molar-refractivity contribution < 1.29 is 56.9 Å². The number of aromatic amines is 2. The number of piperazine rings is 2. The van der Waals surface area contributed by atoms with E-state index < -0.39 is 35.6 Å². The molecule has 2 saturated heterocycles. The maximum Gasteiger partial charge on any atom is 0.490 e. The number of carbonyl (C=O) groups excluding carboxylic acids is 5. The lowest BCUT2D eigenvalue weighted by Gasteiger charge is -2.39. The number of H-pyrrole nitrogens is 2. The molecule has 2 aliphatic rings. The molecule has 10 rings (SSSR count). The third-order valence-electron chi connectivity index (χ3n) is 13.2. The van der Waals surface area contributed by atoms with Gasteiger partial charge >= 0.3 is 18.1 Å². The lowest BCUT2D eigenvalue weighted by Crippen LogP contribution is -2.56. The van der Waals surface area contributed by atoms with Crippen LogP contribution in [0, 0.1) is 13.8 Å². The predicted molar refractivity (Wildman–Crippen MR) is 284 cm³/mol. The standard InChI is InChI=1S/C26H27N7O3.C14H13N5O3.C12H16N2O.C2HF3O2/c1-4-18-12-28-24(33-17(3)29-15-30-33)22-21(18)20(13-27-22)23(34)26(36)31-10-11-32(16(2)14-31)25(35)19-8-6-5-7-9-19;1-3-8-4-16-13(19-7(2)17-6-18-19)11-10(8)9(5-15-11)12(20)14(21)22;1-10-9-13-7-8-14(10)12(15)11-5-3-2-4-6-11;3-2(4,5)1(6)7/h5-9,12-13,15-16,27H,4,10-11,14H2,1-3H3;4-6,15H,3H2,1-2H3,(H,21,22);2-6,10,13H,7-9H2,1H3;(H,6,7)/t16-;;10-;/m1.1./s1. The number of carbonyl (C=O) groups is 7. The average Bonchev–Trinajstić information content (AvgIpc) is 4.32. The molecule has 26 heteroatoms. The number of benzene rings is 2. The summed E-state index contributed by atoms with van der Waals surface area (Å²) in [6.07, 6.45) is 5.34. The number of Topliss-reactive ketones (excluding diaryl/α,β-unsaturated/α-hetero) is 2. The molecule has 80 heavy (non-hydrogen) atoms. The van der Waals surface area contributed by atoms with Gasteiger partial charge in [-0.15, -0.1) is 0 Å². The molecule has 5 N–H and O–H groups in total. The normalized spacial score (nSPS) is 15.2. The highest BCUT2D eigenvalue weighted by Gasteiger charge is 2.38. The highest BCUT2D eigenvalue weighted by Crippen LogP contribution is 2.30. The molecule has 2 aromatic carbocycles. The quantitative estimate of drug-likeness (QED) is 0.0822. The molecule has 0 radical (unpaired) electrons. The van der Waals surface area contributed by atoms with E-state index in [9.17, 15) is 41.9 Å². The van der Waals surface area contributed by atoms with Gasteiger partial charge in [-0.25, -0.2) is 29.5 Å². The van der Waals surface area contributed by atoms with Crippen LogP contribution in [0.5, 0.6) is 0 Å². The van der Waals surface area contributed by atoms with E-state index in [-0.39, 0.29) is 36.0 Å². The molecule has 8 heterocycles. The van der Waals surface area contributed by atoms with Gasteiger partial charge in [-0.2, -0.15) is 32.7 Å². The topological polar surface area (TPSA) is 300 Å². The van der Waals surface area contributed by atoms with E-state index >= 15 is 0 Å². The minimum atomic E-state index is -5.08. The summed E-state index contributed by atoms with van der Waals surface area (Å²) in [5, 5.41) is 28.9. The van der Waals surface area contributed by atoms with Crippen LogP contribution in [0.4, 0.5) is 13.2 Å². The number of ketones is 2. The molecule has 2 atom stereocenters. The molecule has 0 spiro atoms. The molecular weight excluding hydrogens is 1050 g/mol. The summed E-state index contributed by atoms with van der Waals surface area (Å²) in [4.78, 5) is 112. The molecule has 0 unspecified atom stereocenters. The van der Waals surface area contributed by atoms with E-state index in [0.29, 0.717) is 82.1 Å². The summed E-state index contributed by atoms with van der Waals surface area (Å²) in [7, 11) is 0. The molecule has 23 nitrogen and oxygen atoms in total. The van der Waals surface area contributed by atoms with Gasteiger partial charge in [0.25, 0.3) is 29.3 Å². The Labute approximate surface area is 454 Å². The van der Waals surface area contributed by atoms with Gasteiger partial charge in [0.1, 0.15) is 24.3 Å². The number of carboxylic acid groups (broad SMARTS) is 2. The second kappa shape index (κ2) is 25.3. The Kier molecular flexibility index (Phi) is 18.4. The lowest BCUT2D eigenvalue weighted by molar-refractivity contribution is -0.192. The highest BCUT2D eigenvalue weighted by atomic mass is 19.4. The van der Waals surface area contributed by atoms with Crippen LogP contribution in [0.2, 0.25) is 0 Å². The molecule has 2 fully saturated rings. The second-order valence-corrected chi connectivity index (χ2v) is 18.4. The third-order valence-corrected chi connectivity index (χ3v) is 13.2. The molecular formula is C54H57F3N14O9. The SMILES string of the molecule is CCc1cnc(-n2ncnc2C)c2[nH]cc(C(=O)C(=O)N3CCN(C(=O)c4ccccc4)[C@H](C)C3)c12.CCc1cnc(-n2ncnc2C)c2[nH]cc(C(=O)C(=O)O)c12.C[C@@H]1CNCCN1C(=O)c1ccccc1.O=C(O)C(F)(F)F. The van der Waals surface area contributed by atoms with Crippen LogP contribution in [-0.2, 0) is 27.2 Å². The van der Waals surface area contributed by atoms with Gasteiger partial charge in [0.2, 0.25) is 0 Å². The third kappa shape index (κ3) is 12.8. The van der Waals surface area contributed by atoms with Gasteiger partial charge in [0.15, 0.2) is 11.6 Å². The number of aliphatic carboxylic acids is 2. The second-order valence-electron chi connectivity index (χ2n) is 18.4. The summed E-state index contributed by atoms with van der Waals surface area (Å²) < 4.78 is 34.9. The van der Waals surface area contributed by atoms with Gasteiger partial charge in [0.05, 0.1) is 22.2 Å². The first kappa shape index (κ1) is 58.2. The predicted octanol–water partition coefficient (Wildman–Crippen LogP) is 5.61. The number of nitrogens with one attached hydrogen (secondary N) is 3. The Bertz CT molecular complexity index is 3560. The Balaban J connectivity index is 0.000000178. The fourth-order valence-electron chi connectivity index (χ4n) is 9.09. The average molecular weight is 1100 g/mol. The van der Waals surface area contributed by atoms with Crippen LogP contribution in [0.1, 0.15) is 91.9 Å². The zero-order valence-corrected chi connectivity index (χ0v) is 44.4. The Morgan fingerprint density at radius 2 is 1.09 bits per heavy atom. The van der Waals surface area contributed by atoms with Gasteiger partial charge < -0.3 is 40.2 Å². The molecule has 0 bridgehead atoms. The Morgan fingerprint density at radius 3 is 1.48 bits per heavy atom. The number of pyridine rings is 2. The van der Waals surface area contributed by atoms with Crippen molar-refractivity contribution in [1.29, 1.82) is 0 Å². The molecule has 8 aromatic rings. The van der Waals surface area contributed by atoms with Gasteiger partial charge in [0, 0.05) is 98.0 Å². The number of aromatic nitrogens is 10. The monoisotopic (exact) mass is 1100 g/mol. The van der Waals surface area contributed by atoms with Crippen molar-refractivity contribution in [2.45, 2.75) is 72.6 Å². The van der Waals surface area contributed by atoms with E-state index in [1.165, 1.54) is 28.4 Å². The van der Waals surface area contributed by atoms with E-state index in [0.717, 1.165) is 36.3 Å². The minimum Gasteiger partial charge on any atom is -0.475 e. The zero-order valence-electron chi connectivity index (χ0n) is 44.4. The maximum atomic E-state index is 13.4. The molecule has 6 aromatic heterocycles. The number of alkyl halides is 3. The van der Waals surface area contributed by atoms with Gasteiger partial charge in [-0.1, -0.05) is 50.2 Å². The number of rotatable bonds is 10. The van der Waals surface area contributed by atoms with Crippen molar-refractivity contribution in [3.05, 3.63) is 143 Å². The number of aryl methyl sites for hydroxylation is 4. The van der Waals surface area contributed by atoms with E-state index in [2.05, 4.69) is 52.3 Å². The highest BCUT2D eigenvalue weighted by molar-refractivity contribution is 6.45. The van der Waals surface area contributed by atoms with E-state index in [4.69, 9.17) is 15.0 Å². The number of hydrogen-bond donors (Lipinski definition) is 5. The molecule has 418 valence electrons.